The van der Waals surface area contributed by atoms with E-state index in [2.05, 4.69) is 15.4 Å². The van der Waals surface area contributed by atoms with Crippen LogP contribution in [0.15, 0.2) is 24.3 Å². The molecule has 0 saturated carbocycles. The third kappa shape index (κ3) is 5.06. The molecular formula is C15H20N2O3S. The second-order valence-corrected chi connectivity index (χ2v) is 6.17. The second kappa shape index (κ2) is 8.05. The third-order valence-corrected chi connectivity index (χ3v) is 4.70. The Kier molecular flexibility index (Phi) is 6.07. The van der Waals surface area contributed by atoms with Gasteiger partial charge >= 0.3 is 5.97 Å². The standard InChI is InChI=1S/C15H20N2O3S/c1-20-15(19)11-2-4-12(5-3-11)17-14(18)10-21-13-6-8-16-9-7-13/h2-5,13,16H,6-10H2,1H3,(H,17,18). The molecule has 0 aromatic heterocycles. The first-order valence-corrected chi connectivity index (χ1v) is 8.04. The van der Waals surface area contributed by atoms with E-state index >= 15 is 0 Å². The number of hydrogen-bond donors (Lipinski definition) is 2. The Hall–Kier alpha value is -1.53. The van der Waals surface area contributed by atoms with E-state index in [1.165, 1.54) is 7.11 Å². The van der Waals surface area contributed by atoms with Crippen molar-refractivity contribution in [3.05, 3.63) is 29.8 Å². The summed E-state index contributed by atoms with van der Waals surface area (Å²) in [6.07, 6.45) is 2.23. The number of esters is 1. The molecular weight excluding hydrogens is 288 g/mol. The minimum absolute atomic E-state index is 0.00986. The van der Waals surface area contributed by atoms with Crippen molar-refractivity contribution < 1.29 is 14.3 Å². The van der Waals surface area contributed by atoms with Crippen molar-refractivity contribution in [2.24, 2.45) is 0 Å². The highest BCUT2D eigenvalue weighted by Gasteiger charge is 2.15. The van der Waals surface area contributed by atoms with Gasteiger partial charge in [-0.15, -0.1) is 11.8 Å². The van der Waals surface area contributed by atoms with Gasteiger partial charge in [-0.05, 0) is 50.2 Å². The fourth-order valence-corrected chi connectivity index (χ4v) is 3.19. The van der Waals surface area contributed by atoms with Crippen molar-refractivity contribution in [3.63, 3.8) is 0 Å². The van der Waals surface area contributed by atoms with Gasteiger partial charge in [-0.3, -0.25) is 4.79 Å². The SMILES string of the molecule is COC(=O)c1ccc(NC(=O)CSC2CCNCC2)cc1. The molecule has 1 aromatic carbocycles. The molecule has 1 aromatic rings. The normalized spacial score (nSPS) is 15.5. The molecule has 0 bridgehead atoms. The number of carbonyl (C=O) groups is 2. The van der Waals surface area contributed by atoms with E-state index in [0.29, 0.717) is 22.3 Å². The minimum Gasteiger partial charge on any atom is -0.465 e. The maximum atomic E-state index is 11.9. The number of methoxy groups -OCH3 is 1. The number of nitrogens with one attached hydrogen (secondary N) is 2. The maximum Gasteiger partial charge on any atom is 0.337 e. The molecule has 0 radical (unpaired) electrons. The van der Waals surface area contributed by atoms with Crippen molar-refractivity contribution in [2.75, 3.05) is 31.3 Å². The van der Waals surface area contributed by atoms with E-state index in [4.69, 9.17) is 0 Å². The van der Waals surface area contributed by atoms with Gasteiger partial charge in [0.25, 0.3) is 0 Å². The molecule has 1 fully saturated rings. The number of benzene rings is 1. The van der Waals surface area contributed by atoms with Crippen molar-refractivity contribution in [1.82, 2.24) is 5.32 Å². The molecule has 0 spiro atoms. The van der Waals surface area contributed by atoms with E-state index in [1.54, 1.807) is 36.0 Å². The van der Waals surface area contributed by atoms with E-state index in [-0.39, 0.29) is 11.9 Å². The molecule has 0 unspecified atom stereocenters. The van der Waals surface area contributed by atoms with Crippen LogP contribution in [0.2, 0.25) is 0 Å². The van der Waals surface area contributed by atoms with Crippen LogP contribution < -0.4 is 10.6 Å². The predicted molar refractivity (Wildman–Crippen MR) is 84.8 cm³/mol. The van der Waals surface area contributed by atoms with Gasteiger partial charge in [-0.2, -0.15) is 0 Å². The lowest BCUT2D eigenvalue weighted by Gasteiger charge is -2.21. The molecule has 1 amide bonds. The smallest absolute Gasteiger partial charge is 0.337 e. The first kappa shape index (κ1) is 15.9. The lowest BCUT2D eigenvalue weighted by molar-refractivity contribution is -0.113. The number of piperidine rings is 1. The predicted octanol–water partition coefficient (Wildman–Crippen LogP) is 1.90. The lowest BCUT2D eigenvalue weighted by atomic mass is 10.2. The molecule has 1 saturated heterocycles. The van der Waals surface area contributed by atoms with Crippen LogP contribution in [0.4, 0.5) is 5.69 Å². The van der Waals surface area contributed by atoms with Gasteiger partial charge in [0.15, 0.2) is 0 Å². The third-order valence-electron chi connectivity index (χ3n) is 3.33. The van der Waals surface area contributed by atoms with E-state index in [1.807, 2.05) is 0 Å². The molecule has 1 aliphatic heterocycles. The Balaban J connectivity index is 1.77. The van der Waals surface area contributed by atoms with Gasteiger partial charge < -0.3 is 15.4 Å². The van der Waals surface area contributed by atoms with Crippen LogP contribution in [0.5, 0.6) is 0 Å². The van der Waals surface area contributed by atoms with Crippen LogP contribution in [0, 0.1) is 0 Å². The number of thioether (sulfide) groups is 1. The van der Waals surface area contributed by atoms with Crippen LogP contribution in [-0.2, 0) is 9.53 Å². The summed E-state index contributed by atoms with van der Waals surface area (Å²) >= 11 is 1.71. The summed E-state index contributed by atoms with van der Waals surface area (Å²) in [7, 11) is 1.34. The summed E-state index contributed by atoms with van der Waals surface area (Å²) in [6, 6.07) is 6.70. The van der Waals surface area contributed by atoms with Gasteiger partial charge in [0.1, 0.15) is 0 Å². The number of hydrogen-bond acceptors (Lipinski definition) is 5. The molecule has 0 atom stereocenters. The van der Waals surface area contributed by atoms with Gasteiger partial charge in [-0.1, -0.05) is 0 Å². The van der Waals surface area contributed by atoms with Gasteiger partial charge in [0, 0.05) is 10.9 Å². The zero-order valence-corrected chi connectivity index (χ0v) is 12.9. The van der Waals surface area contributed by atoms with Crippen molar-refractivity contribution in [1.29, 1.82) is 0 Å². The minimum atomic E-state index is -0.380. The molecule has 2 rings (SSSR count). The molecule has 21 heavy (non-hydrogen) atoms. The maximum absolute atomic E-state index is 11.9. The first-order chi connectivity index (χ1) is 10.2. The van der Waals surface area contributed by atoms with Crippen LogP contribution in [-0.4, -0.2) is 43.1 Å². The highest BCUT2D eigenvalue weighted by atomic mass is 32.2. The van der Waals surface area contributed by atoms with Gasteiger partial charge in [0.05, 0.1) is 18.4 Å². The van der Waals surface area contributed by atoms with E-state index < -0.39 is 0 Å². The van der Waals surface area contributed by atoms with Crippen LogP contribution in [0.1, 0.15) is 23.2 Å². The lowest BCUT2D eigenvalue weighted by Crippen LogP contribution is -2.30. The zero-order chi connectivity index (χ0) is 15.1. The summed E-state index contributed by atoms with van der Waals surface area (Å²) in [5, 5.41) is 6.72. The summed E-state index contributed by atoms with van der Waals surface area (Å²) in [5.41, 5.74) is 1.16. The molecule has 1 aliphatic rings. The van der Waals surface area contributed by atoms with Crippen molar-refractivity contribution >= 4 is 29.3 Å². The fraction of sp³-hybridized carbons (Fsp3) is 0.467. The molecule has 2 N–H and O–H groups in total. The zero-order valence-electron chi connectivity index (χ0n) is 12.1. The summed E-state index contributed by atoms with van der Waals surface area (Å²) in [5.74, 6) is 0.0716. The first-order valence-electron chi connectivity index (χ1n) is 6.99. The number of amides is 1. The molecule has 1 heterocycles. The van der Waals surface area contributed by atoms with E-state index in [9.17, 15) is 9.59 Å². The Morgan fingerprint density at radius 3 is 2.57 bits per heavy atom. The van der Waals surface area contributed by atoms with E-state index in [0.717, 1.165) is 25.9 Å². The topological polar surface area (TPSA) is 67.4 Å². The monoisotopic (exact) mass is 308 g/mol. The molecule has 114 valence electrons. The highest BCUT2D eigenvalue weighted by Crippen LogP contribution is 2.20. The van der Waals surface area contributed by atoms with Crippen LogP contribution >= 0.6 is 11.8 Å². The fourth-order valence-electron chi connectivity index (χ4n) is 2.16. The number of anilines is 1. The van der Waals surface area contributed by atoms with Gasteiger partial charge in [-0.25, -0.2) is 4.79 Å². The summed E-state index contributed by atoms with van der Waals surface area (Å²) < 4.78 is 4.63. The van der Waals surface area contributed by atoms with Crippen molar-refractivity contribution in [3.8, 4) is 0 Å². The number of rotatable bonds is 5. The van der Waals surface area contributed by atoms with Crippen molar-refractivity contribution in [2.45, 2.75) is 18.1 Å². The largest absolute Gasteiger partial charge is 0.465 e. The summed E-state index contributed by atoms with van der Waals surface area (Å²) in [6.45, 7) is 2.07. The Morgan fingerprint density at radius 1 is 1.29 bits per heavy atom. The average Bonchev–Trinajstić information content (AvgIpc) is 2.54. The average molecular weight is 308 g/mol. The second-order valence-electron chi connectivity index (χ2n) is 4.88. The van der Waals surface area contributed by atoms with Crippen LogP contribution in [0.25, 0.3) is 0 Å². The van der Waals surface area contributed by atoms with Gasteiger partial charge in [0.2, 0.25) is 5.91 Å². The Bertz CT molecular complexity index is 484. The Morgan fingerprint density at radius 2 is 1.95 bits per heavy atom. The molecule has 6 heteroatoms. The van der Waals surface area contributed by atoms with Crippen LogP contribution in [0.3, 0.4) is 0 Å². The number of ether oxygens (including phenoxy) is 1. The highest BCUT2D eigenvalue weighted by molar-refractivity contribution is 8.00. The molecule has 0 aliphatic carbocycles. The number of carbonyl (C=O) groups excluding carboxylic acids is 2. The Labute approximate surface area is 128 Å². The summed E-state index contributed by atoms with van der Waals surface area (Å²) in [4.78, 5) is 23.2. The molecule has 5 nitrogen and oxygen atoms in total. The quantitative estimate of drug-likeness (QED) is 0.813.